The standard InChI is InChI=1S/C18H22N4O2/c1-14-9-16(21-13-20-14)4-5-17-12-22(7-8-24-17)18(23)10-15-3-2-6-19-11-15/h2-3,6,9,11,13,17H,4-5,7-8,10,12H2,1H3/t17-/m0/s1. The molecule has 0 unspecified atom stereocenters. The van der Waals surface area contributed by atoms with Crippen molar-refractivity contribution in [2.75, 3.05) is 19.7 Å². The highest BCUT2D eigenvalue weighted by Crippen LogP contribution is 2.13. The minimum absolute atomic E-state index is 0.0619. The zero-order valence-corrected chi connectivity index (χ0v) is 13.9. The lowest BCUT2D eigenvalue weighted by atomic mass is 10.1. The van der Waals surface area contributed by atoms with Crippen LogP contribution in [-0.4, -0.2) is 51.6 Å². The van der Waals surface area contributed by atoms with Crippen LogP contribution in [-0.2, 0) is 22.4 Å². The summed E-state index contributed by atoms with van der Waals surface area (Å²) in [5.74, 6) is 0.134. The number of amides is 1. The summed E-state index contributed by atoms with van der Waals surface area (Å²) < 4.78 is 5.81. The van der Waals surface area contributed by atoms with E-state index in [2.05, 4.69) is 15.0 Å². The average molecular weight is 326 g/mol. The van der Waals surface area contributed by atoms with Gasteiger partial charge in [-0.15, -0.1) is 0 Å². The van der Waals surface area contributed by atoms with Gasteiger partial charge in [-0.05, 0) is 37.5 Å². The highest BCUT2D eigenvalue weighted by molar-refractivity contribution is 5.78. The maximum Gasteiger partial charge on any atom is 0.227 e. The number of ether oxygens (including phenoxy) is 1. The minimum atomic E-state index is 0.0619. The minimum Gasteiger partial charge on any atom is -0.375 e. The Balaban J connectivity index is 1.51. The summed E-state index contributed by atoms with van der Waals surface area (Å²) >= 11 is 0. The molecule has 1 atom stereocenters. The molecule has 0 aromatic carbocycles. The summed E-state index contributed by atoms with van der Waals surface area (Å²) in [6.45, 7) is 3.85. The van der Waals surface area contributed by atoms with Crippen LogP contribution in [0.15, 0.2) is 36.9 Å². The van der Waals surface area contributed by atoms with Crippen LogP contribution in [0.1, 0.15) is 23.4 Å². The van der Waals surface area contributed by atoms with Gasteiger partial charge in [-0.25, -0.2) is 9.97 Å². The predicted octanol–water partition coefficient (Wildman–Crippen LogP) is 1.58. The molecule has 0 N–H and O–H groups in total. The van der Waals surface area contributed by atoms with E-state index in [1.807, 2.05) is 30.0 Å². The molecular formula is C18H22N4O2. The summed E-state index contributed by atoms with van der Waals surface area (Å²) in [4.78, 5) is 26.8. The Morgan fingerprint density at radius 1 is 1.42 bits per heavy atom. The van der Waals surface area contributed by atoms with Gasteiger partial charge in [0.05, 0.1) is 19.1 Å². The first-order chi connectivity index (χ1) is 11.7. The van der Waals surface area contributed by atoms with Gasteiger partial charge >= 0.3 is 0 Å². The van der Waals surface area contributed by atoms with Crippen molar-refractivity contribution in [1.82, 2.24) is 19.9 Å². The largest absolute Gasteiger partial charge is 0.375 e. The number of carbonyl (C=O) groups excluding carboxylic acids is 1. The Labute approximate surface area is 141 Å². The number of morpholine rings is 1. The van der Waals surface area contributed by atoms with Gasteiger partial charge < -0.3 is 9.64 Å². The third-order valence-corrected chi connectivity index (χ3v) is 4.15. The van der Waals surface area contributed by atoms with Crippen molar-refractivity contribution >= 4 is 5.91 Å². The smallest absolute Gasteiger partial charge is 0.227 e. The quantitative estimate of drug-likeness (QED) is 0.834. The van der Waals surface area contributed by atoms with E-state index in [4.69, 9.17) is 4.74 Å². The van der Waals surface area contributed by atoms with Crippen molar-refractivity contribution in [2.45, 2.75) is 32.3 Å². The van der Waals surface area contributed by atoms with Crippen LogP contribution in [0.3, 0.4) is 0 Å². The van der Waals surface area contributed by atoms with Crippen molar-refractivity contribution in [2.24, 2.45) is 0 Å². The third-order valence-electron chi connectivity index (χ3n) is 4.15. The van der Waals surface area contributed by atoms with Gasteiger partial charge in [0.25, 0.3) is 0 Å². The molecule has 2 aromatic heterocycles. The Morgan fingerprint density at radius 3 is 3.12 bits per heavy atom. The molecule has 126 valence electrons. The molecule has 0 bridgehead atoms. The van der Waals surface area contributed by atoms with Gasteiger partial charge in [0.15, 0.2) is 0 Å². The van der Waals surface area contributed by atoms with Crippen LogP contribution in [0.25, 0.3) is 0 Å². The molecule has 1 amide bonds. The van der Waals surface area contributed by atoms with Crippen LogP contribution in [0.5, 0.6) is 0 Å². The molecule has 6 nitrogen and oxygen atoms in total. The predicted molar refractivity (Wildman–Crippen MR) is 89.4 cm³/mol. The Hall–Kier alpha value is -2.34. The number of rotatable bonds is 5. The fourth-order valence-electron chi connectivity index (χ4n) is 2.86. The molecule has 24 heavy (non-hydrogen) atoms. The zero-order chi connectivity index (χ0) is 16.8. The van der Waals surface area contributed by atoms with E-state index in [0.29, 0.717) is 26.1 Å². The van der Waals surface area contributed by atoms with E-state index in [1.54, 1.807) is 18.7 Å². The average Bonchev–Trinajstić information content (AvgIpc) is 2.61. The SMILES string of the molecule is Cc1cc(CC[C@H]2CN(C(=O)Cc3cccnc3)CCO2)ncn1. The van der Waals surface area contributed by atoms with Gasteiger partial charge in [0, 0.05) is 36.9 Å². The highest BCUT2D eigenvalue weighted by atomic mass is 16.5. The first-order valence-corrected chi connectivity index (χ1v) is 8.26. The molecule has 6 heteroatoms. The Morgan fingerprint density at radius 2 is 2.33 bits per heavy atom. The van der Waals surface area contributed by atoms with Crippen molar-refractivity contribution in [3.63, 3.8) is 0 Å². The molecule has 1 aliphatic heterocycles. The molecule has 1 saturated heterocycles. The normalized spacial score (nSPS) is 17.7. The second-order valence-corrected chi connectivity index (χ2v) is 6.06. The second-order valence-electron chi connectivity index (χ2n) is 6.06. The monoisotopic (exact) mass is 326 g/mol. The summed E-state index contributed by atoms with van der Waals surface area (Å²) in [6.07, 6.45) is 7.20. The topological polar surface area (TPSA) is 68.2 Å². The number of aromatic nitrogens is 3. The van der Waals surface area contributed by atoms with Gasteiger partial charge in [-0.3, -0.25) is 9.78 Å². The van der Waals surface area contributed by atoms with Gasteiger partial charge in [-0.2, -0.15) is 0 Å². The maximum atomic E-state index is 12.5. The lowest BCUT2D eigenvalue weighted by Gasteiger charge is -2.33. The van der Waals surface area contributed by atoms with Crippen molar-refractivity contribution < 1.29 is 9.53 Å². The molecule has 2 aromatic rings. The molecular weight excluding hydrogens is 304 g/mol. The van der Waals surface area contributed by atoms with Crippen molar-refractivity contribution in [1.29, 1.82) is 0 Å². The van der Waals surface area contributed by atoms with E-state index in [-0.39, 0.29) is 12.0 Å². The van der Waals surface area contributed by atoms with Crippen molar-refractivity contribution in [3.05, 3.63) is 53.9 Å². The Kier molecular flexibility index (Phi) is 5.48. The molecule has 3 heterocycles. The molecule has 1 fully saturated rings. The van der Waals surface area contributed by atoms with Gasteiger partial charge in [0.1, 0.15) is 6.33 Å². The van der Waals surface area contributed by atoms with Gasteiger partial charge in [-0.1, -0.05) is 6.07 Å². The number of hydrogen-bond donors (Lipinski definition) is 0. The van der Waals surface area contributed by atoms with Crippen molar-refractivity contribution in [3.8, 4) is 0 Å². The lowest BCUT2D eigenvalue weighted by molar-refractivity contribution is -0.138. The van der Waals surface area contributed by atoms with E-state index >= 15 is 0 Å². The molecule has 0 saturated carbocycles. The molecule has 1 aliphatic rings. The fraction of sp³-hybridized carbons (Fsp3) is 0.444. The number of hydrogen-bond acceptors (Lipinski definition) is 5. The Bertz CT molecular complexity index is 678. The number of nitrogens with zero attached hydrogens (tertiary/aromatic N) is 4. The summed E-state index contributed by atoms with van der Waals surface area (Å²) in [6, 6.07) is 5.78. The van der Waals surface area contributed by atoms with E-state index in [1.165, 1.54) is 0 Å². The molecule has 3 rings (SSSR count). The summed E-state index contributed by atoms with van der Waals surface area (Å²) in [5, 5.41) is 0. The van der Waals surface area contributed by atoms with Crippen LogP contribution in [0, 0.1) is 6.92 Å². The van der Waals surface area contributed by atoms with E-state index in [0.717, 1.165) is 29.8 Å². The molecule has 0 spiro atoms. The molecule has 0 radical (unpaired) electrons. The number of aryl methyl sites for hydroxylation is 2. The van der Waals surface area contributed by atoms with Crippen LogP contribution < -0.4 is 0 Å². The van der Waals surface area contributed by atoms with Crippen LogP contribution >= 0.6 is 0 Å². The fourth-order valence-corrected chi connectivity index (χ4v) is 2.86. The van der Waals surface area contributed by atoms with Crippen LogP contribution in [0.4, 0.5) is 0 Å². The third kappa shape index (κ3) is 4.58. The zero-order valence-electron chi connectivity index (χ0n) is 13.9. The first kappa shape index (κ1) is 16.5. The lowest BCUT2D eigenvalue weighted by Crippen LogP contribution is -2.46. The highest BCUT2D eigenvalue weighted by Gasteiger charge is 2.24. The second kappa shape index (κ2) is 7.97. The summed E-state index contributed by atoms with van der Waals surface area (Å²) in [5.41, 5.74) is 2.93. The first-order valence-electron chi connectivity index (χ1n) is 8.26. The van der Waals surface area contributed by atoms with Gasteiger partial charge in [0.2, 0.25) is 5.91 Å². The van der Waals surface area contributed by atoms with E-state index < -0.39 is 0 Å². The number of carbonyl (C=O) groups is 1. The number of pyridine rings is 1. The van der Waals surface area contributed by atoms with E-state index in [9.17, 15) is 4.79 Å². The molecule has 0 aliphatic carbocycles. The summed E-state index contributed by atoms with van der Waals surface area (Å²) in [7, 11) is 0. The maximum absolute atomic E-state index is 12.5. The van der Waals surface area contributed by atoms with Crippen LogP contribution in [0.2, 0.25) is 0 Å².